The van der Waals surface area contributed by atoms with Crippen LogP contribution in [0.2, 0.25) is 0 Å². The molecule has 1 aromatic heterocycles. The molecule has 0 aliphatic heterocycles. The molecule has 1 unspecified atom stereocenters. The Morgan fingerprint density at radius 3 is 2.65 bits per heavy atom. The van der Waals surface area contributed by atoms with Crippen LogP contribution in [0.25, 0.3) is 10.9 Å². The van der Waals surface area contributed by atoms with E-state index in [1.807, 2.05) is 24.3 Å². The first-order chi connectivity index (χ1) is 9.72. The second-order valence-corrected chi connectivity index (χ2v) is 4.89. The second-order valence-electron chi connectivity index (χ2n) is 4.89. The highest BCUT2D eigenvalue weighted by atomic mass is 19.1. The van der Waals surface area contributed by atoms with Crippen molar-refractivity contribution in [1.29, 1.82) is 0 Å². The topological polar surface area (TPSA) is 38.9 Å². The van der Waals surface area contributed by atoms with Gasteiger partial charge >= 0.3 is 0 Å². The van der Waals surface area contributed by atoms with Crippen molar-refractivity contribution in [3.05, 3.63) is 77.7 Å². The lowest BCUT2D eigenvalue weighted by Gasteiger charge is -2.13. The molecular weight excluding hydrogens is 251 g/mol. The minimum absolute atomic E-state index is 0.106. The number of nitrogens with two attached hydrogens (primary N) is 1. The summed E-state index contributed by atoms with van der Waals surface area (Å²) in [4.78, 5) is 4.29. The van der Waals surface area contributed by atoms with Crippen molar-refractivity contribution >= 4 is 10.9 Å². The highest BCUT2D eigenvalue weighted by molar-refractivity contribution is 5.79. The Balaban J connectivity index is 1.84. The minimum atomic E-state index is -0.223. The SMILES string of the molecule is NC(Cc1ccc(F)cc1)c1ccc2ncccc2c1. The van der Waals surface area contributed by atoms with Gasteiger partial charge in [0.15, 0.2) is 0 Å². The molecule has 100 valence electrons. The van der Waals surface area contributed by atoms with Gasteiger partial charge in [0.05, 0.1) is 5.52 Å². The molecule has 0 aliphatic carbocycles. The summed E-state index contributed by atoms with van der Waals surface area (Å²) in [5.41, 5.74) is 9.30. The van der Waals surface area contributed by atoms with E-state index in [1.165, 1.54) is 12.1 Å². The van der Waals surface area contributed by atoms with Crippen LogP contribution in [0.4, 0.5) is 4.39 Å². The molecule has 3 aromatic rings. The van der Waals surface area contributed by atoms with E-state index in [-0.39, 0.29) is 11.9 Å². The fraction of sp³-hybridized carbons (Fsp3) is 0.118. The van der Waals surface area contributed by atoms with Gasteiger partial charge in [-0.2, -0.15) is 0 Å². The van der Waals surface area contributed by atoms with Crippen LogP contribution in [-0.2, 0) is 6.42 Å². The van der Waals surface area contributed by atoms with Gasteiger partial charge in [-0.05, 0) is 47.9 Å². The van der Waals surface area contributed by atoms with Gasteiger partial charge in [-0.15, -0.1) is 0 Å². The molecule has 0 radical (unpaired) electrons. The molecule has 0 amide bonds. The van der Waals surface area contributed by atoms with Crippen LogP contribution in [0.1, 0.15) is 17.2 Å². The molecule has 0 aliphatic rings. The standard InChI is InChI=1S/C17H15FN2/c18-15-6-3-12(4-7-15)10-16(19)13-5-8-17-14(11-13)2-1-9-20-17/h1-9,11,16H,10,19H2. The van der Waals surface area contributed by atoms with Crippen molar-refractivity contribution in [2.24, 2.45) is 5.73 Å². The lowest BCUT2D eigenvalue weighted by molar-refractivity contribution is 0.625. The summed E-state index contributed by atoms with van der Waals surface area (Å²) in [6.45, 7) is 0. The van der Waals surface area contributed by atoms with E-state index in [4.69, 9.17) is 5.73 Å². The summed E-state index contributed by atoms with van der Waals surface area (Å²) >= 11 is 0. The fourth-order valence-electron chi connectivity index (χ4n) is 2.32. The van der Waals surface area contributed by atoms with Gasteiger partial charge in [-0.3, -0.25) is 4.98 Å². The molecule has 2 N–H and O–H groups in total. The highest BCUT2D eigenvalue weighted by Gasteiger charge is 2.08. The quantitative estimate of drug-likeness (QED) is 0.786. The Labute approximate surface area is 117 Å². The van der Waals surface area contributed by atoms with E-state index in [1.54, 1.807) is 18.3 Å². The predicted molar refractivity (Wildman–Crippen MR) is 78.8 cm³/mol. The molecule has 0 bridgehead atoms. The molecule has 1 heterocycles. The maximum absolute atomic E-state index is 12.9. The first-order valence-electron chi connectivity index (χ1n) is 6.57. The van der Waals surface area contributed by atoms with E-state index in [9.17, 15) is 4.39 Å². The van der Waals surface area contributed by atoms with E-state index in [0.717, 1.165) is 22.0 Å². The van der Waals surface area contributed by atoms with Gasteiger partial charge in [-0.1, -0.05) is 24.3 Å². The van der Waals surface area contributed by atoms with Crippen molar-refractivity contribution in [3.8, 4) is 0 Å². The largest absolute Gasteiger partial charge is 0.324 e. The molecule has 2 aromatic carbocycles. The van der Waals surface area contributed by atoms with Crippen LogP contribution in [0, 0.1) is 5.82 Å². The van der Waals surface area contributed by atoms with E-state index in [0.29, 0.717) is 6.42 Å². The number of hydrogen-bond donors (Lipinski definition) is 1. The molecule has 3 heteroatoms. The third-order valence-electron chi connectivity index (χ3n) is 3.42. The number of aromatic nitrogens is 1. The molecule has 20 heavy (non-hydrogen) atoms. The number of halogens is 1. The average Bonchev–Trinajstić information content (AvgIpc) is 2.49. The molecule has 2 nitrogen and oxygen atoms in total. The monoisotopic (exact) mass is 266 g/mol. The van der Waals surface area contributed by atoms with Crippen LogP contribution in [-0.4, -0.2) is 4.98 Å². The summed E-state index contributed by atoms with van der Waals surface area (Å²) in [5, 5.41) is 1.08. The van der Waals surface area contributed by atoms with E-state index < -0.39 is 0 Å². The number of hydrogen-bond acceptors (Lipinski definition) is 2. The first kappa shape index (κ1) is 12.8. The van der Waals surface area contributed by atoms with Crippen molar-refractivity contribution in [1.82, 2.24) is 4.98 Å². The smallest absolute Gasteiger partial charge is 0.123 e. The molecule has 0 spiro atoms. The maximum atomic E-state index is 12.9. The number of benzene rings is 2. The van der Waals surface area contributed by atoms with Gasteiger partial charge in [0.1, 0.15) is 5.82 Å². The minimum Gasteiger partial charge on any atom is -0.324 e. The van der Waals surface area contributed by atoms with Crippen LogP contribution in [0.5, 0.6) is 0 Å². The molecule has 0 saturated heterocycles. The van der Waals surface area contributed by atoms with Gasteiger partial charge < -0.3 is 5.73 Å². The lowest BCUT2D eigenvalue weighted by atomic mass is 9.98. The van der Waals surface area contributed by atoms with Crippen molar-refractivity contribution in [3.63, 3.8) is 0 Å². The maximum Gasteiger partial charge on any atom is 0.123 e. The Hall–Kier alpha value is -2.26. The molecular formula is C17H15FN2. The summed E-state index contributed by atoms with van der Waals surface area (Å²) in [6, 6.07) is 16.4. The third kappa shape index (κ3) is 2.68. The Morgan fingerprint density at radius 2 is 1.85 bits per heavy atom. The Kier molecular flexibility index (Phi) is 3.44. The van der Waals surface area contributed by atoms with E-state index in [2.05, 4.69) is 11.1 Å². The lowest BCUT2D eigenvalue weighted by Crippen LogP contribution is -2.13. The normalized spacial score (nSPS) is 12.5. The summed E-state index contributed by atoms with van der Waals surface area (Å²) in [6.07, 6.45) is 2.46. The fourth-order valence-corrected chi connectivity index (χ4v) is 2.32. The van der Waals surface area contributed by atoms with E-state index >= 15 is 0 Å². The summed E-state index contributed by atoms with van der Waals surface area (Å²) < 4.78 is 12.9. The summed E-state index contributed by atoms with van der Waals surface area (Å²) in [5.74, 6) is -0.223. The third-order valence-corrected chi connectivity index (χ3v) is 3.42. The second kappa shape index (κ2) is 5.39. The van der Waals surface area contributed by atoms with Crippen LogP contribution in [0.15, 0.2) is 60.8 Å². The van der Waals surface area contributed by atoms with Crippen molar-refractivity contribution in [2.45, 2.75) is 12.5 Å². The molecule has 1 atom stereocenters. The number of fused-ring (bicyclic) bond motifs is 1. The zero-order valence-electron chi connectivity index (χ0n) is 11.0. The van der Waals surface area contributed by atoms with Crippen LogP contribution >= 0.6 is 0 Å². The highest BCUT2D eigenvalue weighted by Crippen LogP contribution is 2.20. The Bertz CT molecular complexity index is 722. The van der Waals surface area contributed by atoms with Gasteiger partial charge in [0, 0.05) is 17.6 Å². The van der Waals surface area contributed by atoms with Gasteiger partial charge in [0.25, 0.3) is 0 Å². The van der Waals surface area contributed by atoms with Gasteiger partial charge in [0.2, 0.25) is 0 Å². The van der Waals surface area contributed by atoms with Crippen LogP contribution in [0.3, 0.4) is 0 Å². The number of pyridine rings is 1. The Morgan fingerprint density at radius 1 is 1.05 bits per heavy atom. The van der Waals surface area contributed by atoms with Gasteiger partial charge in [-0.25, -0.2) is 4.39 Å². The number of nitrogens with zero attached hydrogens (tertiary/aromatic N) is 1. The zero-order chi connectivity index (χ0) is 13.9. The first-order valence-corrected chi connectivity index (χ1v) is 6.57. The summed E-state index contributed by atoms with van der Waals surface area (Å²) in [7, 11) is 0. The van der Waals surface area contributed by atoms with Crippen LogP contribution < -0.4 is 5.73 Å². The van der Waals surface area contributed by atoms with Crippen molar-refractivity contribution in [2.75, 3.05) is 0 Å². The zero-order valence-corrected chi connectivity index (χ0v) is 11.0. The molecule has 0 fully saturated rings. The molecule has 3 rings (SSSR count). The predicted octanol–water partition coefficient (Wildman–Crippen LogP) is 3.62. The van der Waals surface area contributed by atoms with Crippen molar-refractivity contribution < 1.29 is 4.39 Å². The average molecular weight is 266 g/mol. The number of rotatable bonds is 3. The molecule has 0 saturated carbocycles.